The average Bonchev–Trinajstić information content (AvgIpc) is 2.97. The molecule has 1 aliphatic carbocycles. The monoisotopic (exact) mass is 492 g/mol. The van der Waals surface area contributed by atoms with Gasteiger partial charge in [-0.2, -0.15) is 0 Å². The zero-order chi connectivity index (χ0) is 24.0. The van der Waals surface area contributed by atoms with Crippen molar-refractivity contribution in [1.82, 2.24) is 0 Å². The normalized spacial score (nSPS) is 22.0. The van der Waals surface area contributed by atoms with Crippen molar-refractivity contribution in [2.75, 3.05) is 6.61 Å². The van der Waals surface area contributed by atoms with Gasteiger partial charge in [-0.3, -0.25) is 0 Å². The number of ether oxygens (including phenoxy) is 1. The molecule has 0 aromatic carbocycles. The number of unbranched alkanes of at least 4 members (excludes halogenated alkanes) is 15. The van der Waals surface area contributed by atoms with Gasteiger partial charge in [-0.25, -0.2) is 0 Å². The lowest BCUT2D eigenvalue weighted by atomic mass is 9.89. The highest BCUT2D eigenvalue weighted by molar-refractivity contribution is 6.41. The Labute approximate surface area is 218 Å². The Balaban J connectivity index is 1.50. The van der Waals surface area contributed by atoms with E-state index in [0.29, 0.717) is 0 Å². The smallest absolute Gasteiger partial charge is 0.0622 e. The number of rotatable bonds is 19. The molecule has 1 saturated heterocycles. The van der Waals surface area contributed by atoms with Crippen molar-refractivity contribution in [2.24, 2.45) is 0 Å². The standard InChI is InChI=1S/C32H64OSi/c1-2-3-4-5-6-7-8-9-10-11-12-13-14-15-18-22-27-32(34-31-26-21-25-30-33-31)28-23-19-16-17-20-24-29-32/h31H,2-30,34H2,1H3. The van der Waals surface area contributed by atoms with Gasteiger partial charge in [0.1, 0.15) is 0 Å². The van der Waals surface area contributed by atoms with Crippen LogP contribution in [0.2, 0.25) is 5.04 Å². The SMILES string of the molecule is CCCCCCCCCCCCCCCCCCC1([SiH2]C2CCCCO2)CCCCCCCC1. The van der Waals surface area contributed by atoms with Gasteiger partial charge in [0.2, 0.25) is 0 Å². The molecule has 0 aromatic rings. The van der Waals surface area contributed by atoms with Crippen molar-refractivity contribution in [3.8, 4) is 0 Å². The second-order valence-electron chi connectivity index (χ2n) is 12.4. The number of hydrogen-bond donors (Lipinski definition) is 0. The van der Waals surface area contributed by atoms with E-state index in [0.717, 1.165) is 17.4 Å². The van der Waals surface area contributed by atoms with Gasteiger partial charge in [0.15, 0.2) is 0 Å². The third-order valence-corrected chi connectivity index (χ3v) is 12.2. The van der Waals surface area contributed by atoms with E-state index in [1.807, 2.05) is 0 Å². The van der Waals surface area contributed by atoms with E-state index in [1.54, 1.807) is 19.3 Å². The summed E-state index contributed by atoms with van der Waals surface area (Å²) in [5, 5.41) is 0.752. The molecule has 2 heteroatoms. The number of hydrogen-bond acceptors (Lipinski definition) is 1. The Morgan fingerprint density at radius 1 is 0.559 bits per heavy atom. The molecule has 34 heavy (non-hydrogen) atoms. The van der Waals surface area contributed by atoms with Crippen LogP contribution in [0.5, 0.6) is 0 Å². The highest BCUT2D eigenvalue weighted by atomic mass is 28.2. The summed E-state index contributed by atoms with van der Waals surface area (Å²) in [5.74, 6) is 0. The topological polar surface area (TPSA) is 9.23 Å². The summed E-state index contributed by atoms with van der Waals surface area (Å²) < 4.78 is 6.30. The molecule has 1 unspecified atom stereocenters. The van der Waals surface area contributed by atoms with Crippen LogP contribution in [0, 0.1) is 0 Å². The van der Waals surface area contributed by atoms with Gasteiger partial charge < -0.3 is 4.74 Å². The summed E-state index contributed by atoms with van der Waals surface area (Å²) in [5.41, 5.74) is 0.718. The first kappa shape index (κ1) is 30.4. The zero-order valence-corrected chi connectivity index (χ0v) is 25.1. The average molecular weight is 493 g/mol. The predicted octanol–water partition coefficient (Wildman–Crippen LogP) is 10.6. The van der Waals surface area contributed by atoms with E-state index in [2.05, 4.69) is 6.92 Å². The Morgan fingerprint density at radius 3 is 1.50 bits per heavy atom. The van der Waals surface area contributed by atoms with Crippen LogP contribution in [0.15, 0.2) is 0 Å². The van der Waals surface area contributed by atoms with Crippen molar-refractivity contribution in [3.05, 3.63) is 0 Å². The molecule has 2 rings (SSSR count). The van der Waals surface area contributed by atoms with Crippen LogP contribution in [0.4, 0.5) is 0 Å². The molecule has 0 amide bonds. The lowest BCUT2D eigenvalue weighted by Gasteiger charge is -2.38. The summed E-state index contributed by atoms with van der Waals surface area (Å²) in [4.78, 5) is 0. The highest BCUT2D eigenvalue weighted by Gasteiger charge is 2.33. The third kappa shape index (κ3) is 15.3. The first-order valence-corrected chi connectivity index (χ1v) is 18.0. The molecule has 2 aliphatic rings. The Morgan fingerprint density at radius 2 is 1.03 bits per heavy atom. The van der Waals surface area contributed by atoms with Gasteiger partial charge in [0.25, 0.3) is 0 Å². The largest absolute Gasteiger partial charge is 0.382 e. The fourth-order valence-electron chi connectivity index (χ4n) is 6.89. The predicted molar refractivity (Wildman–Crippen MR) is 156 cm³/mol. The van der Waals surface area contributed by atoms with E-state index in [4.69, 9.17) is 4.74 Å². The maximum absolute atomic E-state index is 6.30. The lowest BCUT2D eigenvalue weighted by Crippen LogP contribution is -2.35. The van der Waals surface area contributed by atoms with Gasteiger partial charge in [-0.15, -0.1) is 0 Å². The molecule has 0 radical (unpaired) electrons. The maximum atomic E-state index is 6.30. The molecule has 0 N–H and O–H groups in total. The van der Waals surface area contributed by atoms with Crippen LogP contribution >= 0.6 is 0 Å². The van der Waals surface area contributed by atoms with Gasteiger partial charge in [-0.05, 0) is 24.3 Å². The highest BCUT2D eigenvalue weighted by Crippen LogP contribution is 2.45. The molecule has 0 bridgehead atoms. The van der Waals surface area contributed by atoms with E-state index in [1.165, 1.54) is 161 Å². The summed E-state index contributed by atoms with van der Waals surface area (Å²) in [6.45, 7) is 3.37. The maximum Gasteiger partial charge on any atom is 0.0622 e. The minimum absolute atomic E-state index is 0.128. The van der Waals surface area contributed by atoms with Crippen molar-refractivity contribution >= 4 is 9.52 Å². The van der Waals surface area contributed by atoms with Crippen molar-refractivity contribution in [1.29, 1.82) is 0 Å². The van der Waals surface area contributed by atoms with Crippen LogP contribution in [0.3, 0.4) is 0 Å². The first-order valence-electron chi connectivity index (χ1n) is 16.5. The molecule has 2 fully saturated rings. The van der Waals surface area contributed by atoms with Gasteiger partial charge >= 0.3 is 0 Å². The zero-order valence-electron chi connectivity index (χ0n) is 23.7. The summed E-state index contributed by atoms with van der Waals surface area (Å²) >= 11 is 0. The van der Waals surface area contributed by atoms with Gasteiger partial charge in [0.05, 0.1) is 9.52 Å². The fraction of sp³-hybridized carbons (Fsp3) is 1.00. The molecule has 1 atom stereocenters. The second-order valence-corrected chi connectivity index (χ2v) is 15.2. The molecule has 0 spiro atoms. The van der Waals surface area contributed by atoms with Crippen LogP contribution < -0.4 is 0 Å². The molecule has 1 heterocycles. The Bertz CT molecular complexity index is 421. The Hall–Kier alpha value is 0.177. The second kappa shape index (κ2) is 21.3. The minimum Gasteiger partial charge on any atom is -0.382 e. The van der Waals surface area contributed by atoms with E-state index < -0.39 is 0 Å². The molecular weight excluding hydrogens is 428 g/mol. The van der Waals surface area contributed by atoms with E-state index >= 15 is 0 Å². The van der Waals surface area contributed by atoms with Gasteiger partial charge in [0, 0.05) is 12.3 Å². The molecule has 1 nitrogen and oxygen atoms in total. The molecule has 202 valence electrons. The molecule has 1 aliphatic heterocycles. The Kier molecular flexibility index (Phi) is 19.0. The van der Waals surface area contributed by atoms with Crippen molar-refractivity contribution < 1.29 is 4.74 Å². The molecule has 1 saturated carbocycles. The van der Waals surface area contributed by atoms with Crippen LogP contribution in [-0.2, 0) is 4.74 Å². The van der Waals surface area contributed by atoms with E-state index in [9.17, 15) is 0 Å². The fourth-order valence-corrected chi connectivity index (χ4v) is 9.99. The quantitative estimate of drug-likeness (QED) is 0.129. The van der Waals surface area contributed by atoms with Crippen LogP contribution in [-0.4, -0.2) is 21.9 Å². The minimum atomic E-state index is -0.128. The summed E-state index contributed by atoms with van der Waals surface area (Å²) in [6, 6.07) is 0. The van der Waals surface area contributed by atoms with Gasteiger partial charge in [-0.1, -0.05) is 167 Å². The summed E-state index contributed by atoms with van der Waals surface area (Å²) in [7, 11) is -0.128. The third-order valence-electron chi connectivity index (χ3n) is 9.16. The van der Waals surface area contributed by atoms with Crippen LogP contribution in [0.25, 0.3) is 0 Å². The van der Waals surface area contributed by atoms with Crippen LogP contribution in [0.1, 0.15) is 187 Å². The van der Waals surface area contributed by atoms with Crippen molar-refractivity contribution in [2.45, 2.75) is 197 Å². The lowest BCUT2D eigenvalue weighted by molar-refractivity contribution is 0.0621. The van der Waals surface area contributed by atoms with E-state index in [-0.39, 0.29) is 9.52 Å². The molecular formula is C32H64OSi. The summed E-state index contributed by atoms with van der Waals surface area (Å²) in [6.07, 6.45) is 41.5. The first-order chi connectivity index (χ1) is 16.8. The molecule has 0 aromatic heterocycles. The van der Waals surface area contributed by atoms with Crippen molar-refractivity contribution in [3.63, 3.8) is 0 Å².